The van der Waals surface area contributed by atoms with Gasteiger partial charge in [0.2, 0.25) is 0 Å². The van der Waals surface area contributed by atoms with Crippen molar-refractivity contribution in [2.75, 3.05) is 0 Å². The molecule has 128 valence electrons. The Morgan fingerprint density at radius 2 is 2.00 bits per heavy atom. The highest BCUT2D eigenvalue weighted by atomic mass is 79.9. The molecule has 1 N–H and O–H groups in total. The Morgan fingerprint density at radius 3 is 2.76 bits per heavy atom. The van der Waals surface area contributed by atoms with Gasteiger partial charge in [0.25, 0.3) is 5.56 Å². The van der Waals surface area contributed by atoms with E-state index in [0.717, 1.165) is 10.0 Å². The molecular weight excluding hydrogens is 427 g/mol. The van der Waals surface area contributed by atoms with E-state index in [4.69, 9.17) is 27.9 Å². The second-order valence-electron chi connectivity index (χ2n) is 5.35. The highest BCUT2D eigenvalue weighted by Crippen LogP contribution is 2.31. The van der Waals surface area contributed by atoms with Crippen LogP contribution in [0.3, 0.4) is 0 Å². The van der Waals surface area contributed by atoms with Crippen molar-refractivity contribution in [1.29, 1.82) is 0 Å². The molecule has 0 atom stereocenters. The van der Waals surface area contributed by atoms with Crippen molar-refractivity contribution in [2.45, 2.75) is 12.3 Å². The number of nitrogens with zero attached hydrogens (tertiary/aromatic N) is 1. The van der Waals surface area contributed by atoms with Gasteiger partial charge in [-0.05, 0) is 42.0 Å². The molecule has 0 radical (unpaired) electrons. The van der Waals surface area contributed by atoms with Crippen LogP contribution in [0.5, 0.6) is 11.5 Å². The molecule has 0 spiro atoms. The van der Waals surface area contributed by atoms with Crippen LogP contribution in [-0.2, 0) is 12.3 Å². The molecular formula is C18H13BrCl2N2O2. The summed E-state index contributed by atoms with van der Waals surface area (Å²) in [5.74, 6) is 1.38. The molecule has 25 heavy (non-hydrogen) atoms. The van der Waals surface area contributed by atoms with Crippen molar-refractivity contribution < 1.29 is 4.74 Å². The quantitative estimate of drug-likeness (QED) is 0.548. The van der Waals surface area contributed by atoms with Crippen LogP contribution in [0.2, 0.25) is 5.02 Å². The van der Waals surface area contributed by atoms with Crippen LogP contribution in [0.25, 0.3) is 0 Å². The number of aromatic amines is 1. The van der Waals surface area contributed by atoms with E-state index in [9.17, 15) is 4.79 Å². The molecule has 1 heterocycles. The maximum absolute atomic E-state index is 11.5. The lowest BCUT2D eigenvalue weighted by Crippen LogP contribution is -2.14. The molecule has 0 fully saturated rings. The summed E-state index contributed by atoms with van der Waals surface area (Å²) in [7, 11) is 0. The first-order valence-electron chi connectivity index (χ1n) is 7.40. The molecule has 2 aromatic carbocycles. The maximum Gasteiger partial charge on any atom is 0.268 e. The van der Waals surface area contributed by atoms with Gasteiger partial charge in [-0.2, -0.15) is 5.10 Å². The number of nitrogens with one attached hydrogen (secondary N) is 1. The van der Waals surface area contributed by atoms with Crippen LogP contribution in [0.15, 0.2) is 57.8 Å². The van der Waals surface area contributed by atoms with E-state index in [2.05, 4.69) is 26.1 Å². The minimum atomic E-state index is -0.270. The van der Waals surface area contributed by atoms with E-state index in [0.29, 0.717) is 34.2 Å². The molecule has 4 nitrogen and oxygen atoms in total. The first-order valence-corrected chi connectivity index (χ1v) is 9.11. The van der Waals surface area contributed by atoms with Gasteiger partial charge in [0.15, 0.2) is 0 Å². The first kappa shape index (κ1) is 18.0. The van der Waals surface area contributed by atoms with Gasteiger partial charge in [0.05, 0.1) is 16.6 Å². The van der Waals surface area contributed by atoms with Crippen LogP contribution in [0.4, 0.5) is 0 Å². The number of halogens is 3. The minimum absolute atomic E-state index is 0.142. The Kier molecular flexibility index (Phi) is 5.78. The van der Waals surface area contributed by atoms with Gasteiger partial charge in [0.1, 0.15) is 11.5 Å². The standard InChI is InChI=1S/C18H13BrCl2N2O2/c19-13-2-1-3-15(9-13)25-17-7-11(4-5-16(17)21)6-14-8-12(10-20)18(24)23-22-14/h1-5,7-9H,6,10H2,(H,23,24). The van der Waals surface area contributed by atoms with E-state index >= 15 is 0 Å². The second kappa shape index (κ2) is 8.04. The third kappa shape index (κ3) is 4.63. The lowest BCUT2D eigenvalue weighted by molar-refractivity contribution is 0.482. The second-order valence-corrected chi connectivity index (χ2v) is 6.94. The average molecular weight is 440 g/mol. The van der Waals surface area contributed by atoms with E-state index < -0.39 is 0 Å². The van der Waals surface area contributed by atoms with Crippen LogP contribution >= 0.6 is 39.1 Å². The minimum Gasteiger partial charge on any atom is -0.456 e. The molecule has 0 saturated heterocycles. The van der Waals surface area contributed by atoms with Crippen molar-refractivity contribution >= 4 is 39.1 Å². The van der Waals surface area contributed by atoms with Crippen LogP contribution in [0, 0.1) is 0 Å². The number of benzene rings is 2. The third-order valence-electron chi connectivity index (χ3n) is 3.48. The molecule has 3 rings (SSSR count). The molecule has 0 unspecified atom stereocenters. The highest BCUT2D eigenvalue weighted by Gasteiger charge is 2.08. The van der Waals surface area contributed by atoms with E-state index in [1.807, 2.05) is 36.4 Å². The van der Waals surface area contributed by atoms with Crippen molar-refractivity contribution in [3.63, 3.8) is 0 Å². The Hall–Kier alpha value is -1.82. The largest absolute Gasteiger partial charge is 0.456 e. The molecule has 0 amide bonds. The monoisotopic (exact) mass is 438 g/mol. The zero-order chi connectivity index (χ0) is 17.8. The summed E-state index contributed by atoms with van der Waals surface area (Å²) in [6.45, 7) is 0. The molecule has 0 aliphatic rings. The van der Waals surface area contributed by atoms with Gasteiger partial charge in [-0.1, -0.05) is 39.7 Å². The zero-order valence-corrected chi connectivity index (χ0v) is 16.0. The first-order chi connectivity index (χ1) is 12.0. The Balaban J connectivity index is 1.85. The summed E-state index contributed by atoms with van der Waals surface area (Å²) < 4.78 is 6.79. The average Bonchev–Trinajstić information content (AvgIpc) is 2.59. The number of ether oxygens (including phenoxy) is 1. The number of rotatable bonds is 5. The maximum atomic E-state index is 11.5. The summed E-state index contributed by atoms with van der Waals surface area (Å²) in [4.78, 5) is 11.5. The summed E-state index contributed by atoms with van der Waals surface area (Å²) in [6, 6.07) is 14.7. The van der Waals surface area contributed by atoms with Gasteiger partial charge < -0.3 is 4.74 Å². The van der Waals surface area contributed by atoms with E-state index in [-0.39, 0.29) is 11.4 Å². The number of H-pyrrole nitrogens is 1. The fraction of sp³-hybridized carbons (Fsp3) is 0.111. The van der Waals surface area contributed by atoms with Crippen LogP contribution in [0.1, 0.15) is 16.8 Å². The Labute approximate surface area is 162 Å². The lowest BCUT2D eigenvalue weighted by Gasteiger charge is -2.10. The summed E-state index contributed by atoms with van der Waals surface area (Å²) in [5.41, 5.74) is 1.89. The van der Waals surface area contributed by atoms with Crippen LogP contribution < -0.4 is 10.3 Å². The molecule has 7 heteroatoms. The Morgan fingerprint density at radius 1 is 1.16 bits per heavy atom. The van der Waals surface area contributed by atoms with Gasteiger partial charge in [-0.25, -0.2) is 5.10 Å². The van der Waals surface area contributed by atoms with Crippen molar-refractivity contribution in [1.82, 2.24) is 10.2 Å². The number of hydrogen-bond donors (Lipinski definition) is 1. The topological polar surface area (TPSA) is 55.0 Å². The van der Waals surface area contributed by atoms with E-state index in [1.165, 1.54) is 0 Å². The predicted octanol–water partition coefficient (Wildman–Crippen LogP) is 5.31. The third-order valence-corrected chi connectivity index (χ3v) is 4.58. The predicted molar refractivity (Wildman–Crippen MR) is 103 cm³/mol. The van der Waals surface area contributed by atoms with Crippen molar-refractivity contribution in [3.05, 3.63) is 85.2 Å². The number of alkyl halides is 1. The van der Waals surface area contributed by atoms with Gasteiger partial charge >= 0.3 is 0 Å². The Bertz CT molecular complexity index is 960. The molecule has 0 aliphatic carbocycles. The fourth-order valence-electron chi connectivity index (χ4n) is 2.29. The van der Waals surface area contributed by atoms with Crippen LogP contribution in [-0.4, -0.2) is 10.2 Å². The van der Waals surface area contributed by atoms with Crippen molar-refractivity contribution in [3.8, 4) is 11.5 Å². The van der Waals surface area contributed by atoms with E-state index in [1.54, 1.807) is 12.1 Å². The normalized spacial score (nSPS) is 10.7. The zero-order valence-electron chi connectivity index (χ0n) is 12.9. The number of hydrogen-bond acceptors (Lipinski definition) is 3. The summed E-state index contributed by atoms with van der Waals surface area (Å²) in [6.07, 6.45) is 0.521. The highest BCUT2D eigenvalue weighted by molar-refractivity contribution is 9.10. The molecule has 0 aliphatic heterocycles. The molecule has 1 aromatic heterocycles. The molecule has 0 bridgehead atoms. The fourth-order valence-corrected chi connectivity index (χ4v) is 3.02. The molecule has 0 saturated carbocycles. The van der Waals surface area contributed by atoms with Gasteiger partial charge in [-0.15, -0.1) is 11.6 Å². The lowest BCUT2D eigenvalue weighted by atomic mass is 10.1. The van der Waals surface area contributed by atoms with Gasteiger partial charge in [0, 0.05) is 16.5 Å². The SMILES string of the molecule is O=c1[nH]nc(Cc2ccc(Cl)c(Oc3cccc(Br)c3)c2)cc1CCl. The van der Waals surface area contributed by atoms with Crippen molar-refractivity contribution in [2.24, 2.45) is 0 Å². The van der Waals surface area contributed by atoms with Gasteiger partial charge in [-0.3, -0.25) is 4.79 Å². The number of aromatic nitrogens is 2. The molecule has 3 aromatic rings. The summed E-state index contributed by atoms with van der Waals surface area (Å²) in [5, 5.41) is 7.03. The smallest absolute Gasteiger partial charge is 0.268 e. The summed E-state index contributed by atoms with van der Waals surface area (Å²) >= 11 is 15.4.